The third kappa shape index (κ3) is 3.42. The van der Waals surface area contributed by atoms with Crippen LogP contribution < -0.4 is 10.5 Å². The number of aryl methyl sites for hydroxylation is 1. The highest BCUT2D eigenvalue weighted by Crippen LogP contribution is 2.45. The number of nitrogens with two attached hydrogens (primary N) is 1. The number of hydrogen-bond donors (Lipinski definition) is 1. The molecule has 1 aromatic rings. The maximum Gasteiger partial charge on any atom is 0.160 e. The smallest absolute Gasteiger partial charge is 0.160 e. The molecule has 1 heterocycles. The Hall–Kier alpha value is -1.03. The van der Waals surface area contributed by atoms with Gasteiger partial charge in [-0.1, -0.05) is 27.7 Å². The molecule has 2 rings (SSSR count). The summed E-state index contributed by atoms with van der Waals surface area (Å²) in [6.45, 7) is 10.1. The number of aromatic nitrogens is 2. The molecule has 0 aliphatic heterocycles. The van der Waals surface area contributed by atoms with E-state index in [1.807, 2.05) is 6.20 Å². The van der Waals surface area contributed by atoms with Crippen molar-refractivity contribution in [2.45, 2.75) is 71.9 Å². The Morgan fingerprint density at radius 3 is 2.67 bits per heavy atom. The van der Waals surface area contributed by atoms with E-state index in [1.54, 1.807) is 7.11 Å². The van der Waals surface area contributed by atoms with Crippen LogP contribution >= 0.6 is 0 Å². The van der Waals surface area contributed by atoms with Crippen LogP contribution in [0.1, 0.15) is 65.0 Å². The van der Waals surface area contributed by atoms with Gasteiger partial charge in [0, 0.05) is 18.5 Å². The molecule has 1 aromatic heterocycles. The normalized spacial score (nSPS) is 26.9. The van der Waals surface area contributed by atoms with Gasteiger partial charge in [-0.25, -0.2) is 0 Å². The standard InChI is InChI=1S/C17H31N3O/c1-6-9-20-16(15(21-5)11-19-20)13-10-12(17(2,3)4)7-8-14(13)18/h11-14H,6-10,18H2,1-5H3. The van der Waals surface area contributed by atoms with Crippen LogP contribution in [0.25, 0.3) is 0 Å². The highest BCUT2D eigenvalue weighted by Gasteiger charge is 2.37. The lowest BCUT2D eigenvalue weighted by Gasteiger charge is -2.41. The lowest BCUT2D eigenvalue weighted by atomic mass is 9.67. The molecule has 3 unspecified atom stereocenters. The van der Waals surface area contributed by atoms with E-state index in [0.717, 1.165) is 31.6 Å². The van der Waals surface area contributed by atoms with E-state index >= 15 is 0 Å². The average Bonchev–Trinajstić information content (AvgIpc) is 2.81. The predicted octanol–water partition coefficient (Wildman–Crippen LogP) is 3.56. The van der Waals surface area contributed by atoms with Crippen molar-refractivity contribution in [2.75, 3.05) is 7.11 Å². The van der Waals surface area contributed by atoms with E-state index in [0.29, 0.717) is 17.3 Å². The van der Waals surface area contributed by atoms with Crippen molar-refractivity contribution in [1.29, 1.82) is 0 Å². The van der Waals surface area contributed by atoms with Crippen molar-refractivity contribution >= 4 is 0 Å². The van der Waals surface area contributed by atoms with Gasteiger partial charge in [-0.15, -0.1) is 0 Å². The van der Waals surface area contributed by atoms with E-state index in [-0.39, 0.29) is 6.04 Å². The van der Waals surface area contributed by atoms with Gasteiger partial charge in [0.25, 0.3) is 0 Å². The lowest BCUT2D eigenvalue weighted by molar-refractivity contribution is 0.149. The number of methoxy groups -OCH3 is 1. The second kappa shape index (κ2) is 6.39. The number of rotatable bonds is 4. The van der Waals surface area contributed by atoms with Gasteiger partial charge < -0.3 is 10.5 Å². The van der Waals surface area contributed by atoms with Gasteiger partial charge in [-0.3, -0.25) is 4.68 Å². The predicted molar refractivity (Wildman–Crippen MR) is 86.6 cm³/mol. The van der Waals surface area contributed by atoms with Crippen LogP contribution in [0, 0.1) is 11.3 Å². The molecule has 0 saturated heterocycles. The minimum absolute atomic E-state index is 0.213. The fraction of sp³-hybridized carbons (Fsp3) is 0.824. The van der Waals surface area contributed by atoms with E-state index in [4.69, 9.17) is 10.5 Å². The van der Waals surface area contributed by atoms with Gasteiger partial charge in [0.05, 0.1) is 19.0 Å². The summed E-state index contributed by atoms with van der Waals surface area (Å²) in [7, 11) is 1.73. The van der Waals surface area contributed by atoms with Gasteiger partial charge in [0.1, 0.15) is 0 Å². The Balaban J connectivity index is 2.31. The number of hydrogen-bond acceptors (Lipinski definition) is 3. The largest absolute Gasteiger partial charge is 0.493 e. The first-order chi connectivity index (χ1) is 9.88. The molecule has 0 bridgehead atoms. The van der Waals surface area contributed by atoms with Crippen molar-refractivity contribution in [3.8, 4) is 5.75 Å². The molecule has 4 heteroatoms. The molecule has 1 fully saturated rings. The summed E-state index contributed by atoms with van der Waals surface area (Å²) in [6, 6.07) is 0.213. The zero-order chi connectivity index (χ0) is 15.6. The van der Waals surface area contributed by atoms with Crippen molar-refractivity contribution < 1.29 is 4.74 Å². The first-order valence-electron chi connectivity index (χ1n) is 8.23. The molecule has 0 amide bonds. The molecule has 21 heavy (non-hydrogen) atoms. The molecule has 0 spiro atoms. The van der Waals surface area contributed by atoms with Crippen LogP contribution in [0.4, 0.5) is 0 Å². The summed E-state index contributed by atoms with van der Waals surface area (Å²) in [5.74, 6) is 1.96. The molecule has 2 N–H and O–H groups in total. The first-order valence-corrected chi connectivity index (χ1v) is 8.23. The van der Waals surface area contributed by atoms with Gasteiger partial charge >= 0.3 is 0 Å². The maximum absolute atomic E-state index is 6.47. The molecule has 0 radical (unpaired) electrons. The van der Waals surface area contributed by atoms with Crippen LogP contribution in [0.5, 0.6) is 5.75 Å². The van der Waals surface area contributed by atoms with Crippen molar-refractivity contribution in [3.05, 3.63) is 11.9 Å². The third-order valence-corrected chi connectivity index (χ3v) is 4.98. The molecule has 0 aromatic carbocycles. The lowest BCUT2D eigenvalue weighted by Crippen LogP contribution is -2.39. The summed E-state index contributed by atoms with van der Waals surface area (Å²) in [6.07, 6.45) is 6.37. The molecule has 3 atom stereocenters. The number of nitrogens with zero attached hydrogens (tertiary/aromatic N) is 2. The van der Waals surface area contributed by atoms with Crippen molar-refractivity contribution in [2.24, 2.45) is 17.1 Å². The Labute approximate surface area is 129 Å². The zero-order valence-corrected chi connectivity index (χ0v) is 14.2. The summed E-state index contributed by atoms with van der Waals surface area (Å²) in [4.78, 5) is 0. The molecular weight excluding hydrogens is 262 g/mol. The molecule has 1 saturated carbocycles. The molecule has 120 valence electrons. The SMILES string of the molecule is CCCn1ncc(OC)c1C1CC(C(C)(C)C)CCC1N. The van der Waals surface area contributed by atoms with Crippen LogP contribution in [-0.2, 0) is 6.54 Å². The van der Waals surface area contributed by atoms with Crippen LogP contribution in [0.2, 0.25) is 0 Å². The number of ether oxygens (including phenoxy) is 1. The monoisotopic (exact) mass is 293 g/mol. The van der Waals surface area contributed by atoms with Gasteiger partial charge in [0.2, 0.25) is 0 Å². The highest BCUT2D eigenvalue weighted by atomic mass is 16.5. The summed E-state index contributed by atoms with van der Waals surface area (Å²) >= 11 is 0. The van der Waals surface area contributed by atoms with Gasteiger partial charge in [0.15, 0.2) is 5.75 Å². The Bertz CT molecular complexity index is 461. The van der Waals surface area contributed by atoms with Gasteiger partial charge in [-0.05, 0) is 37.0 Å². The Morgan fingerprint density at radius 2 is 2.10 bits per heavy atom. The fourth-order valence-corrected chi connectivity index (χ4v) is 3.59. The minimum Gasteiger partial charge on any atom is -0.493 e. The second-order valence-electron chi connectivity index (χ2n) is 7.47. The van der Waals surface area contributed by atoms with Crippen LogP contribution in [-0.4, -0.2) is 22.9 Å². The second-order valence-corrected chi connectivity index (χ2v) is 7.47. The third-order valence-electron chi connectivity index (χ3n) is 4.98. The summed E-state index contributed by atoms with van der Waals surface area (Å²) in [5.41, 5.74) is 8.01. The quantitative estimate of drug-likeness (QED) is 0.923. The molecule has 1 aliphatic rings. The topological polar surface area (TPSA) is 53.1 Å². The zero-order valence-electron chi connectivity index (χ0n) is 14.2. The molecular formula is C17H31N3O. The van der Waals surface area contributed by atoms with E-state index < -0.39 is 0 Å². The van der Waals surface area contributed by atoms with Crippen LogP contribution in [0.15, 0.2) is 6.20 Å². The van der Waals surface area contributed by atoms with E-state index in [1.165, 1.54) is 12.1 Å². The van der Waals surface area contributed by atoms with Crippen LogP contribution in [0.3, 0.4) is 0 Å². The van der Waals surface area contributed by atoms with E-state index in [2.05, 4.69) is 37.5 Å². The van der Waals surface area contributed by atoms with Crippen molar-refractivity contribution in [3.63, 3.8) is 0 Å². The Morgan fingerprint density at radius 1 is 1.38 bits per heavy atom. The minimum atomic E-state index is 0.213. The highest BCUT2D eigenvalue weighted by molar-refractivity contribution is 5.30. The maximum atomic E-state index is 6.47. The molecule has 4 nitrogen and oxygen atoms in total. The summed E-state index contributed by atoms with van der Waals surface area (Å²) in [5, 5.41) is 4.51. The Kier molecular flexibility index (Phi) is 4.97. The van der Waals surface area contributed by atoms with Crippen molar-refractivity contribution in [1.82, 2.24) is 9.78 Å². The van der Waals surface area contributed by atoms with Gasteiger partial charge in [-0.2, -0.15) is 5.10 Å². The summed E-state index contributed by atoms with van der Waals surface area (Å²) < 4.78 is 7.66. The average molecular weight is 293 g/mol. The van der Waals surface area contributed by atoms with E-state index in [9.17, 15) is 0 Å². The first kappa shape index (κ1) is 16.3. The molecule has 1 aliphatic carbocycles. The fourth-order valence-electron chi connectivity index (χ4n) is 3.59.